The zero-order valence-corrected chi connectivity index (χ0v) is 14.4. The van der Waals surface area contributed by atoms with E-state index in [9.17, 15) is 4.79 Å². The predicted octanol–water partition coefficient (Wildman–Crippen LogP) is 1.84. The Kier molecular flexibility index (Phi) is 4.97. The second-order valence-corrected chi connectivity index (χ2v) is 6.61. The largest absolute Gasteiger partial charge is 0.495 e. The lowest BCUT2D eigenvalue weighted by molar-refractivity contribution is 0.0763. The highest BCUT2D eigenvalue weighted by molar-refractivity contribution is 7.12. The number of hydrogen-bond acceptors (Lipinski definition) is 5. The summed E-state index contributed by atoms with van der Waals surface area (Å²) in [6.07, 6.45) is 4.77. The van der Waals surface area contributed by atoms with Crippen molar-refractivity contribution in [1.29, 1.82) is 0 Å². The summed E-state index contributed by atoms with van der Waals surface area (Å²) < 4.78 is 7.32. The summed E-state index contributed by atoms with van der Waals surface area (Å²) in [4.78, 5) is 22.1. The molecule has 0 unspecified atom stereocenters. The van der Waals surface area contributed by atoms with Crippen LogP contribution in [0.25, 0.3) is 0 Å². The second kappa shape index (κ2) is 7.14. The number of thiophene rings is 1. The molecule has 1 aliphatic rings. The van der Waals surface area contributed by atoms with Crippen LogP contribution >= 0.6 is 11.3 Å². The molecule has 7 heteroatoms. The first-order chi connectivity index (χ1) is 11.2. The molecule has 1 saturated heterocycles. The van der Waals surface area contributed by atoms with Gasteiger partial charge in [-0.15, -0.1) is 11.3 Å². The standard InChI is InChI=1S/C16H22N4O2S/c1-18-8-5-17-14(18)12-19-6-3-7-20(10-9-19)16(21)15-13(22-2)4-11-23-15/h4-5,8,11H,3,6-7,9-10,12H2,1-2H3. The summed E-state index contributed by atoms with van der Waals surface area (Å²) in [5.74, 6) is 1.81. The highest BCUT2D eigenvalue weighted by atomic mass is 32.1. The average molecular weight is 334 g/mol. The number of nitrogens with zero attached hydrogens (tertiary/aromatic N) is 4. The number of hydrogen-bond donors (Lipinski definition) is 0. The van der Waals surface area contributed by atoms with E-state index in [4.69, 9.17) is 4.74 Å². The minimum atomic E-state index is 0.0793. The van der Waals surface area contributed by atoms with Crippen LogP contribution < -0.4 is 4.74 Å². The van der Waals surface area contributed by atoms with Crippen molar-refractivity contribution in [2.45, 2.75) is 13.0 Å². The summed E-state index contributed by atoms with van der Waals surface area (Å²) in [5.41, 5.74) is 0. The first kappa shape index (κ1) is 16.0. The fourth-order valence-electron chi connectivity index (χ4n) is 2.84. The molecule has 0 N–H and O–H groups in total. The highest BCUT2D eigenvalue weighted by Crippen LogP contribution is 2.26. The third kappa shape index (κ3) is 3.56. The van der Waals surface area contributed by atoms with Crippen molar-refractivity contribution >= 4 is 17.2 Å². The van der Waals surface area contributed by atoms with Crippen LogP contribution in [0.3, 0.4) is 0 Å². The number of aryl methyl sites for hydroxylation is 1. The first-order valence-electron chi connectivity index (χ1n) is 7.78. The molecule has 124 valence electrons. The Balaban J connectivity index is 1.62. The third-order valence-corrected chi connectivity index (χ3v) is 5.09. The zero-order chi connectivity index (χ0) is 16.2. The molecule has 0 spiro atoms. The van der Waals surface area contributed by atoms with Gasteiger partial charge in [0.1, 0.15) is 16.5 Å². The number of ether oxygens (including phenoxy) is 1. The predicted molar refractivity (Wildman–Crippen MR) is 89.9 cm³/mol. The van der Waals surface area contributed by atoms with Crippen molar-refractivity contribution in [3.63, 3.8) is 0 Å². The molecular weight excluding hydrogens is 312 g/mol. The van der Waals surface area contributed by atoms with Crippen LogP contribution in [0.1, 0.15) is 21.9 Å². The smallest absolute Gasteiger partial charge is 0.267 e. The van der Waals surface area contributed by atoms with Crippen LogP contribution in [0.5, 0.6) is 5.75 Å². The molecule has 1 amide bonds. The molecule has 3 rings (SSSR count). The lowest BCUT2D eigenvalue weighted by Gasteiger charge is -2.21. The van der Waals surface area contributed by atoms with Crippen LogP contribution in [0, 0.1) is 0 Å². The van der Waals surface area contributed by atoms with Crippen molar-refractivity contribution in [3.8, 4) is 5.75 Å². The van der Waals surface area contributed by atoms with E-state index in [0.717, 1.165) is 45.0 Å². The van der Waals surface area contributed by atoms with Crippen molar-refractivity contribution in [3.05, 3.63) is 34.5 Å². The Morgan fingerprint density at radius 2 is 2.22 bits per heavy atom. The van der Waals surface area contributed by atoms with Crippen LogP contribution in [0.15, 0.2) is 23.8 Å². The van der Waals surface area contributed by atoms with Gasteiger partial charge in [-0.3, -0.25) is 9.69 Å². The second-order valence-electron chi connectivity index (χ2n) is 5.69. The van der Waals surface area contributed by atoms with Crippen molar-refractivity contribution < 1.29 is 9.53 Å². The van der Waals surface area contributed by atoms with Crippen LogP contribution in [0.2, 0.25) is 0 Å². The summed E-state index contributed by atoms with van der Waals surface area (Å²) in [5, 5.41) is 1.90. The number of carbonyl (C=O) groups excluding carboxylic acids is 1. The molecule has 0 saturated carbocycles. The topological polar surface area (TPSA) is 50.6 Å². The molecule has 3 heterocycles. The number of amides is 1. The van der Waals surface area contributed by atoms with E-state index in [1.807, 2.05) is 40.4 Å². The van der Waals surface area contributed by atoms with E-state index in [0.29, 0.717) is 10.6 Å². The first-order valence-corrected chi connectivity index (χ1v) is 8.66. The molecule has 1 fully saturated rings. The zero-order valence-electron chi connectivity index (χ0n) is 13.6. The molecule has 0 aliphatic carbocycles. The Bertz CT molecular complexity index is 667. The van der Waals surface area contributed by atoms with E-state index in [2.05, 4.69) is 9.88 Å². The van der Waals surface area contributed by atoms with E-state index < -0.39 is 0 Å². The van der Waals surface area contributed by atoms with Crippen molar-refractivity contribution in [2.24, 2.45) is 7.05 Å². The van der Waals surface area contributed by atoms with E-state index in [-0.39, 0.29) is 5.91 Å². The van der Waals surface area contributed by atoms with Gasteiger partial charge in [0.15, 0.2) is 0 Å². The van der Waals surface area contributed by atoms with Gasteiger partial charge in [-0.1, -0.05) is 0 Å². The molecule has 23 heavy (non-hydrogen) atoms. The van der Waals surface area contributed by atoms with Gasteiger partial charge in [-0.25, -0.2) is 4.98 Å². The van der Waals surface area contributed by atoms with Gasteiger partial charge in [-0.2, -0.15) is 0 Å². The van der Waals surface area contributed by atoms with Gasteiger partial charge in [0, 0.05) is 45.6 Å². The molecule has 1 aliphatic heterocycles. The molecule has 0 atom stereocenters. The number of carbonyl (C=O) groups is 1. The molecule has 6 nitrogen and oxygen atoms in total. The summed E-state index contributed by atoms with van der Waals surface area (Å²) in [6, 6.07) is 1.85. The summed E-state index contributed by atoms with van der Waals surface area (Å²) in [7, 11) is 3.62. The van der Waals surface area contributed by atoms with Crippen molar-refractivity contribution in [1.82, 2.24) is 19.4 Å². The molecule has 0 bridgehead atoms. The van der Waals surface area contributed by atoms with Crippen LogP contribution in [-0.4, -0.2) is 58.5 Å². The molecule has 0 radical (unpaired) electrons. The van der Waals surface area contributed by atoms with Gasteiger partial charge < -0.3 is 14.2 Å². The average Bonchev–Trinajstić information content (AvgIpc) is 3.11. The highest BCUT2D eigenvalue weighted by Gasteiger charge is 2.24. The molecular formula is C16H22N4O2S. The monoisotopic (exact) mass is 334 g/mol. The number of rotatable bonds is 4. The van der Waals surface area contributed by atoms with E-state index in [1.165, 1.54) is 11.3 Å². The number of methoxy groups -OCH3 is 1. The van der Waals surface area contributed by atoms with Crippen LogP contribution in [-0.2, 0) is 13.6 Å². The van der Waals surface area contributed by atoms with Gasteiger partial charge in [0.25, 0.3) is 5.91 Å². The van der Waals surface area contributed by atoms with Gasteiger partial charge >= 0.3 is 0 Å². The third-order valence-electron chi connectivity index (χ3n) is 4.20. The lowest BCUT2D eigenvalue weighted by atomic mass is 10.3. The summed E-state index contributed by atoms with van der Waals surface area (Å²) in [6.45, 7) is 4.21. The maximum absolute atomic E-state index is 12.7. The van der Waals surface area contributed by atoms with Crippen LogP contribution in [0.4, 0.5) is 0 Å². The maximum Gasteiger partial charge on any atom is 0.267 e. The fraction of sp³-hybridized carbons (Fsp3) is 0.500. The quantitative estimate of drug-likeness (QED) is 0.856. The van der Waals surface area contributed by atoms with E-state index in [1.54, 1.807) is 7.11 Å². The van der Waals surface area contributed by atoms with Gasteiger partial charge in [0.05, 0.1) is 13.7 Å². The molecule has 2 aromatic heterocycles. The normalized spacial score (nSPS) is 16.3. The Hall–Kier alpha value is -1.86. The minimum absolute atomic E-state index is 0.0793. The van der Waals surface area contributed by atoms with E-state index >= 15 is 0 Å². The lowest BCUT2D eigenvalue weighted by Crippen LogP contribution is -2.35. The number of aromatic nitrogens is 2. The molecule has 0 aromatic carbocycles. The van der Waals surface area contributed by atoms with Crippen molar-refractivity contribution in [2.75, 3.05) is 33.3 Å². The molecule has 2 aromatic rings. The maximum atomic E-state index is 12.7. The number of imidazole rings is 1. The SMILES string of the molecule is COc1ccsc1C(=O)N1CCCN(Cc2nccn2C)CC1. The minimum Gasteiger partial charge on any atom is -0.495 e. The van der Waals surface area contributed by atoms with Gasteiger partial charge in [-0.05, 0) is 17.9 Å². The summed E-state index contributed by atoms with van der Waals surface area (Å²) >= 11 is 1.45. The Labute approximate surface area is 140 Å². The Morgan fingerprint density at radius 1 is 1.35 bits per heavy atom. The Morgan fingerprint density at radius 3 is 2.96 bits per heavy atom. The van der Waals surface area contributed by atoms with Gasteiger partial charge in [0.2, 0.25) is 0 Å². The fourth-order valence-corrected chi connectivity index (χ4v) is 3.66.